The molecule has 138 valence electrons. The summed E-state index contributed by atoms with van der Waals surface area (Å²) in [7, 11) is 1.24. The Morgan fingerprint density at radius 2 is 2.07 bits per heavy atom. The average Bonchev–Trinajstić information content (AvgIpc) is 2.90. The van der Waals surface area contributed by atoms with Crippen molar-refractivity contribution in [2.24, 2.45) is 0 Å². The van der Waals surface area contributed by atoms with E-state index in [1.54, 1.807) is 24.3 Å². The van der Waals surface area contributed by atoms with E-state index < -0.39 is 16.6 Å². The first kappa shape index (κ1) is 19.2. The number of thioether (sulfide) groups is 1. The summed E-state index contributed by atoms with van der Waals surface area (Å²) in [5.74, 6) is -1.19. The summed E-state index contributed by atoms with van der Waals surface area (Å²) in [5.41, 5.74) is 0.142. The Labute approximate surface area is 168 Å². The minimum Gasteiger partial charge on any atom is -0.870 e. The first-order chi connectivity index (χ1) is 12.8. The molecule has 3 rings (SSSR count). The number of hydrogen-bond acceptors (Lipinski definition) is 7. The second-order valence-corrected chi connectivity index (χ2v) is 7.43. The van der Waals surface area contributed by atoms with Gasteiger partial charge in [0.05, 0.1) is 28.7 Å². The lowest BCUT2D eigenvalue weighted by molar-refractivity contribution is -0.385. The molecular weight excluding hydrogens is 412 g/mol. The maximum atomic E-state index is 12.8. The first-order valence-electron chi connectivity index (χ1n) is 7.38. The van der Waals surface area contributed by atoms with E-state index in [9.17, 15) is 20.0 Å². The zero-order chi connectivity index (χ0) is 19.7. The Hall–Kier alpha value is -2.62. The lowest BCUT2D eigenvalue weighted by atomic mass is 10.1. The van der Waals surface area contributed by atoms with E-state index in [1.165, 1.54) is 18.1 Å². The number of hydrogen-bond donors (Lipinski definition) is 0. The van der Waals surface area contributed by atoms with Crippen LogP contribution in [0, 0.1) is 10.1 Å². The Balaban J connectivity index is 2.04. The molecule has 0 bridgehead atoms. The predicted molar refractivity (Wildman–Crippen MR) is 106 cm³/mol. The van der Waals surface area contributed by atoms with E-state index in [2.05, 4.69) is 0 Å². The average molecular weight is 422 g/mol. The van der Waals surface area contributed by atoms with Crippen LogP contribution in [0.1, 0.15) is 5.56 Å². The third-order valence-corrected chi connectivity index (χ3v) is 5.18. The number of halogens is 1. The van der Waals surface area contributed by atoms with E-state index in [0.29, 0.717) is 10.7 Å². The third-order valence-electron chi connectivity index (χ3n) is 3.65. The van der Waals surface area contributed by atoms with Crippen LogP contribution >= 0.6 is 35.6 Å². The van der Waals surface area contributed by atoms with Gasteiger partial charge in [0, 0.05) is 11.1 Å². The first-order valence-corrected chi connectivity index (χ1v) is 8.99. The predicted octanol–water partition coefficient (Wildman–Crippen LogP) is 3.74. The smallest absolute Gasteiger partial charge is 0.273 e. The van der Waals surface area contributed by atoms with Crippen molar-refractivity contribution < 1.29 is 19.6 Å². The molecule has 2 aromatic carbocycles. The number of benzene rings is 2. The number of anilines is 1. The second kappa shape index (κ2) is 7.55. The van der Waals surface area contributed by atoms with Gasteiger partial charge in [-0.25, -0.2) is 0 Å². The van der Waals surface area contributed by atoms with Gasteiger partial charge in [-0.2, -0.15) is 0 Å². The molecule has 1 fully saturated rings. The minimum atomic E-state index is -0.642. The Morgan fingerprint density at radius 1 is 1.33 bits per heavy atom. The van der Waals surface area contributed by atoms with Crippen LogP contribution in [0.2, 0.25) is 5.02 Å². The molecule has 1 heterocycles. The van der Waals surface area contributed by atoms with E-state index >= 15 is 0 Å². The van der Waals surface area contributed by atoms with Gasteiger partial charge in [-0.1, -0.05) is 47.4 Å². The largest absolute Gasteiger partial charge is 0.870 e. The molecule has 1 amide bonds. The summed E-state index contributed by atoms with van der Waals surface area (Å²) in [6, 6.07) is 8.74. The summed E-state index contributed by atoms with van der Waals surface area (Å²) >= 11 is 12.2. The summed E-state index contributed by atoms with van der Waals surface area (Å²) in [6.45, 7) is 0. The number of rotatable bonds is 4. The highest BCUT2D eigenvalue weighted by Gasteiger charge is 2.33. The fraction of sp³-hybridized carbons (Fsp3) is 0.0588. The summed E-state index contributed by atoms with van der Waals surface area (Å²) in [4.78, 5) is 24.6. The highest BCUT2D eigenvalue weighted by Crippen LogP contribution is 2.39. The topological polar surface area (TPSA) is 95.7 Å². The number of nitro benzene ring substituents is 1. The number of nitro groups is 1. The maximum Gasteiger partial charge on any atom is 0.273 e. The van der Waals surface area contributed by atoms with E-state index in [4.69, 9.17) is 28.6 Å². The van der Waals surface area contributed by atoms with Crippen LogP contribution in [-0.2, 0) is 4.79 Å². The molecule has 1 saturated heterocycles. The SMILES string of the molecule is COc1cc([N+](=O)[O-])cc(/C=C2/SC(=S)N(c3cccc(Cl)c3)C2=O)c1[O-]. The second-order valence-electron chi connectivity index (χ2n) is 5.32. The minimum absolute atomic E-state index is 0.0346. The molecule has 1 aliphatic heterocycles. The highest BCUT2D eigenvalue weighted by molar-refractivity contribution is 8.27. The Morgan fingerprint density at radius 3 is 2.70 bits per heavy atom. The van der Waals surface area contributed by atoms with Gasteiger partial charge >= 0.3 is 0 Å². The van der Waals surface area contributed by atoms with E-state index in [0.717, 1.165) is 23.9 Å². The van der Waals surface area contributed by atoms with Crippen molar-refractivity contribution in [1.82, 2.24) is 0 Å². The van der Waals surface area contributed by atoms with Crippen molar-refractivity contribution in [2.75, 3.05) is 12.0 Å². The molecular formula is C17H10ClN2O5S2-. The van der Waals surface area contributed by atoms with Crippen molar-refractivity contribution in [2.45, 2.75) is 0 Å². The van der Waals surface area contributed by atoms with Gasteiger partial charge in [-0.15, -0.1) is 0 Å². The summed E-state index contributed by atoms with van der Waals surface area (Å²) < 4.78 is 5.17. The quantitative estimate of drug-likeness (QED) is 0.321. The molecule has 0 aliphatic carbocycles. The number of ether oxygens (including phenoxy) is 1. The van der Waals surface area contributed by atoms with Gasteiger partial charge in [0.1, 0.15) is 5.75 Å². The molecule has 27 heavy (non-hydrogen) atoms. The highest BCUT2D eigenvalue weighted by atomic mass is 35.5. The molecule has 1 aliphatic rings. The van der Waals surface area contributed by atoms with Crippen molar-refractivity contribution in [1.29, 1.82) is 0 Å². The van der Waals surface area contributed by atoms with Gasteiger partial charge < -0.3 is 9.84 Å². The van der Waals surface area contributed by atoms with Crippen LogP contribution in [0.4, 0.5) is 11.4 Å². The third kappa shape index (κ3) is 3.75. The van der Waals surface area contributed by atoms with Crippen LogP contribution in [-0.4, -0.2) is 22.3 Å². The number of thiocarbonyl (C=S) groups is 1. The number of carbonyl (C=O) groups is 1. The van der Waals surface area contributed by atoms with Crippen molar-refractivity contribution in [3.63, 3.8) is 0 Å². The zero-order valence-electron chi connectivity index (χ0n) is 13.7. The fourth-order valence-corrected chi connectivity index (χ4v) is 3.89. The molecule has 0 spiro atoms. The van der Waals surface area contributed by atoms with Crippen LogP contribution in [0.15, 0.2) is 41.3 Å². The molecule has 0 N–H and O–H groups in total. The summed E-state index contributed by atoms with van der Waals surface area (Å²) in [5, 5.41) is 23.9. The molecule has 0 radical (unpaired) electrons. The molecule has 7 nitrogen and oxygen atoms in total. The number of amides is 1. The Kier molecular flexibility index (Phi) is 5.36. The fourth-order valence-electron chi connectivity index (χ4n) is 2.42. The van der Waals surface area contributed by atoms with Crippen molar-refractivity contribution >= 4 is 63.3 Å². The number of non-ortho nitro benzene ring substituents is 1. The van der Waals surface area contributed by atoms with E-state index in [1.807, 2.05) is 0 Å². The van der Waals surface area contributed by atoms with Crippen molar-refractivity contribution in [3.8, 4) is 11.5 Å². The standard InChI is InChI=1S/C17H11ClN2O5S2/c1-25-13-8-12(20(23)24)5-9(15(13)21)6-14-16(22)19(17(26)27-14)11-4-2-3-10(18)7-11/h2-8,21H,1H3/p-1/b14-6+. The molecule has 0 atom stereocenters. The number of methoxy groups -OCH3 is 1. The zero-order valence-corrected chi connectivity index (χ0v) is 16.1. The molecule has 2 aromatic rings. The monoisotopic (exact) mass is 421 g/mol. The van der Waals surface area contributed by atoms with Crippen LogP contribution in [0.25, 0.3) is 6.08 Å². The molecule has 0 saturated carbocycles. The Bertz CT molecular complexity index is 1010. The van der Waals surface area contributed by atoms with Gasteiger partial charge in [-0.05, 0) is 29.8 Å². The molecule has 0 unspecified atom stereocenters. The van der Waals surface area contributed by atoms with Gasteiger partial charge in [0.25, 0.3) is 11.6 Å². The number of carbonyl (C=O) groups excluding carboxylic acids is 1. The summed E-state index contributed by atoms with van der Waals surface area (Å²) in [6.07, 6.45) is 1.28. The van der Waals surface area contributed by atoms with Crippen LogP contribution < -0.4 is 14.7 Å². The van der Waals surface area contributed by atoms with Crippen LogP contribution in [0.3, 0.4) is 0 Å². The molecule has 10 heteroatoms. The lowest BCUT2D eigenvalue weighted by Gasteiger charge is -2.16. The van der Waals surface area contributed by atoms with Crippen LogP contribution in [0.5, 0.6) is 11.5 Å². The maximum absolute atomic E-state index is 12.8. The van der Waals surface area contributed by atoms with Crippen molar-refractivity contribution in [3.05, 3.63) is 62.0 Å². The normalized spacial score (nSPS) is 15.5. The van der Waals surface area contributed by atoms with Gasteiger partial charge in [-0.3, -0.25) is 19.8 Å². The lowest BCUT2D eigenvalue weighted by Crippen LogP contribution is -2.27. The number of nitrogens with zero attached hydrogens (tertiary/aromatic N) is 2. The molecule has 0 aromatic heterocycles. The van der Waals surface area contributed by atoms with E-state index in [-0.39, 0.29) is 26.2 Å². The van der Waals surface area contributed by atoms with Gasteiger partial charge in [0.2, 0.25) is 0 Å². The van der Waals surface area contributed by atoms with Gasteiger partial charge in [0.15, 0.2) is 4.32 Å².